The van der Waals surface area contributed by atoms with Gasteiger partial charge in [0.1, 0.15) is 0 Å². The van der Waals surface area contributed by atoms with Crippen molar-refractivity contribution in [1.29, 1.82) is 0 Å². The summed E-state index contributed by atoms with van der Waals surface area (Å²) in [6.45, 7) is 6.47. The molecule has 0 saturated carbocycles. The number of hydrogen-bond acceptors (Lipinski definition) is 3. The van der Waals surface area contributed by atoms with Crippen molar-refractivity contribution in [3.63, 3.8) is 0 Å². The molecule has 0 fully saturated rings. The molecule has 0 bridgehead atoms. The second-order valence-corrected chi connectivity index (χ2v) is 7.78. The maximum absolute atomic E-state index is 12.1. The van der Waals surface area contributed by atoms with Gasteiger partial charge in [-0.2, -0.15) is 0 Å². The molecule has 6 nitrogen and oxygen atoms in total. The number of halogens is 1. The third kappa shape index (κ3) is 6.39. The van der Waals surface area contributed by atoms with Crippen LogP contribution in [-0.2, 0) is 10.2 Å². The summed E-state index contributed by atoms with van der Waals surface area (Å²) in [6.07, 6.45) is 0.0344. The van der Waals surface area contributed by atoms with Crippen molar-refractivity contribution in [2.45, 2.75) is 32.6 Å². The Kier molecular flexibility index (Phi) is 7.18. The molecule has 3 N–H and O–H groups in total. The van der Waals surface area contributed by atoms with E-state index in [1.807, 2.05) is 12.1 Å². The van der Waals surface area contributed by atoms with Crippen LogP contribution in [-0.4, -0.2) is 24.3 Å². The Morgan fingerprint density at radius 2 is 1.36 bits per heavy atom. The first-order chi connectivity index (χ1) is 13.2. The molecule has 0 heterocycles. The molecule has 0 aliphatic rings. The topological polar surface area (TPSA) is 87.3 Å². The Morgan fingerprint density at radius 3 is 1.93 bits per heavy atom. The second kappa shape index (κ2) is 9.37. The summed E-state index contributed by atoms with van der Waals surface area (Å²) in [6, 6.07) is 13.7. The van der Waals surface area contributed by atoms with Crippen LogP contribution in [0.5, 0.6) is 0 Å². The summed E-state index contributed by atoms with van der Waals surface area (Å²) < 4.78 is 0. The van der Waals surface area contributed by atoms with Crippen molar-refractivity contribution in [2.75, 3.05) is 6.54 Å². The molecule has 0 aliphatic heterocycles. The molecule has 0 radical (unpaired) electrons. The van der Waals surface area contributed by atoms with Crippen molar-refractivity contribution in [3.05, 3.63) is 70.2 Å². The molecular formula is C21H24ClN3O3. The first-order valence-electron chi connectivity index (χ1n) is 8.90. The summed E-state index contributed by atoms with van der Waals surface area (Å²) in [5.74, 6) is -1.11. The van der Waals surface area contributed by atoms with E-state index < -0.39 is 11.8 Å². The molecule has 2 aromatic rings. The van der Waals surface area contributed by atoms with Crippen LogP contribution in [0.3, 0.4) is 0 Å². The molecule has 0 atom stereocenters. The Hall–Kier alpha value is -2.86. The Morgan fingerprint density at radius 1 is 0.821 bits per heavy atom. The highest BCUT2D eigenvalue weighted by molar-refractivity contribution is 6.30. The van der Waals surface area contributed by atoms with Crippen LogP contribution in [0.4, 0.5) is 0 Å². The molecule has 2 rings (SSSR count). The summed E-state index contributed by atoms with van der Waals surface area (Å²) in [5, 5.41) is 3.20. The van der Waals surface area contributed by atoms with Gasteiger partial charge in [-0.1, -0.05) is 44.5 Å². The zero-order chi connectivity index (χ0) is 20.7. The lowest BCUT2D eigenvalue weighted by molar-refractivity contribution is -0.121. The van der Waals surface area contributed by atoms with Gasteiger partial charge in [-0.3, -0.25) is 25.2 Å². The van der Waals surface area contributed by atoms with Gasteiger partial charge < -0.3 is 5.32 Å². The van der Waals surface area contributed by atoms with Gasteiger partial charge >= 0.3 is 0 Å². The van der Waals surface area contributed by atoms with E-state index in [-0.39, 0.29) is 24.3 Å². The van der Waals surface area contributed by atoms with Crippen LogP contribution in [0.15, 0.2) is 48.5 Å². The minimum Gasteiger partial charge on any atom is -0.352 e. The molecule has 28 heavy (non-hydrogen) atoms. The largest absolute Gasteiger partial charge is 0.352 e. The highest BCUT2D eigenvalue weighted by Crippen LogP contribution is 2.22. The predicted molar refractivity (Wildman–Crippen MR) is 109 cm³/mol. The SMILES string of the molecule is CC(C)(C)c1ccc(C(=O)NCCC(=O)NNC(=O)c2ccc(Cl)cc2)cc1. The average Bonchev–Trinajstić information content (AvgIpc) is 2.66. The second-order valence-electron chi connectivity index (χ2n) is 7.34. The first kappa shape index (κ1) is 21.4. The highest BCUT2D eigenvalue weighted by atomic mass is 35.5. The number of amides is 3. The van der Waals surface area contributed by atoms with E-state index in [0.717, 1.165) is 5.56 Å². The minimum atomic E-state index is -0.451. The quantitative estimate of drug-likeness (QED) is 0.672. The van der Waals surface area contributed by atoms with Gasteiger partial charge in [-0.25, -0.2) is 0 Å². The lowest BCUT2D eigenvalue weighted by Crippen LogP contribution is -2.42. The van der Waals surface area contributed by atoms with Gasteiger partial charge in [-0.05, 0) is 47.4 Å². The Bertz CT molecular complexity index is 841. The third-order valence-electron chi connectivity index (χ3n) is 4.07. The molecule has 0 unspecified atom stereocenters. The summed E-state index contributed by atoms with van der Waals surface area (Å²) in [5.41, 5.74) is 6.68. The van der Waals surface area contributed by atoms with Gasteiger partial charge in [0.25, 0.3) is 11.8 Å². The lowest BCUT2D eigenvalue weighted by atomic mass is 9.87. The van der Waals surface area contributed by atoms with E-state index in [0.29, 0.717) is 16.1 Å². The standard InChI is InChI=1S/C21H24ClN3O3/c1-21(2,3)16-8-4-14(5-9-16)19(27)23-13-12-18(26)24-25-20(28)15-6-10-17(22)11-7-15/h4-11H,12-13H2,1-3H3,(H,23,27)(H,24,26)(H,25,28). The fourth-order valence-corrected chi connectivity index (χ4v) is 2.50. The van der Waals surface area contributed by atoms with Crippen molar-refractivity contribution in [3.8, 4) is 0 Å². The third-order valence-corrected chi connectivity index (χ3v) is 4.32. The van der Waals surface area contributed by atoms with Gasteiger partial charge in [0.2, 0.25) is 5.91 Å². The maximum atomic E-state index is 12.1. The number of carbonyl (C=O) groups excluding carboxylic acids is 3. The van der Waals surface area contributed by atoms with E-state index >= 15 is 0 Å². The molecule has 2 aromatic carbocycles. The fraction of sp³-hybridized carbons (Fsp3) is 0.286. The van der Waals surface area contributed by atoms with Crippen LogP contribution in [0.1, 0.15) is 53.5 Å². The lowest BCUT2D eigenvalue weighted by Gasteiger charge is -2.19. The highest BCUT2D eigenvalue weighted by Gasteiger charge is 2.14. The van der Waals surface area contributed by atoms with Gasteiger partial charge in [0, 0.05) is 29.1 Å². The molecular weight excluding hydrogens is 378 g/mol. The predicted octanol–water partition coefficient (Wildman–Crippen LogP) is 3.22. The number of benzene rings is 2. The molecule has 148 valence electrons. The molecule has 3 amide bonds. The van der Waals surface area contributed by atoms with Crippen LogP contribution in [0.2, 0.25) is 5.02 Å². The van der Waals surface area contributed by atoms with E-state index in [4.69, 9.17) is 11.6 Å². The van der Waals surface area contributed by atoms with Crippen molar-refractivity contribution in [2.24, 2.45) is 0 Å². The van der Waals surface area contributed by atoms with Crippen molar-refractivity contribution < 1.29 is 14.4 Å². The van der Waals surface area contributed by atoms with E-state index in [1.165, 1.54) is 0 Å². The molecule has 0 aliphatic carbocycles. The number of rotatable bonds is 5. The van der Waals surface area contributed by atoms with E-state index in [1.54, 1.807) is 36.4 Å². The monoisotopic (exact) mass is 401 g/mol. The van der Waals surface area contributed by atoms with Crippen LogP contribution >= 0.6 is 11.6 Å². The number of nitrogens with one attached hydrogen (secondary N) is 3. The number of carbonyl (C=O) groups is 3. The van der Waals surface area contributed by atoms with Gasteiger partial charge in [0.15, 0.2) is 0 Å². The zero-order valence-corrected chi connectivity index (χ0v) is 16.9. The smallest absolute Gasteiger partial charge is 0.269 e. The minimum absolute atomic E-state index is 0.0174. The molecule has 0 saturated heterocycles. The van der Waals surface area contributed by atoms with E-state index in [9.17, 15) is 14.4 Å². The normalized spacial score (nSPS) is 10.9. The average molecular weight is 402 g/mol. The van der Waals surface area contributed by atoms with Crippen molar-refractivity contribution >= 4 is 29.3 Å². The molecule has 0 spiro atoms. The zero-order valence-electron chi connectivity index (χ0n) is 16.1. The Labute approximate surface area is 169 Å². The van der Waals surface area contributed by atoms with Crippen LogP contribution in [0.25, 0.3) is 0 Å². The van der Waals surface area contributed by atoms with Crippen LogP contribution in [0, 0.1) is 0 Å². The molecule has 7 heteroatoms. The van der Waals surface area contributed by atoms with Crippen LogP contribution < -0.4 is 16.2 Å². The Balaban J connectivity index is 1.73. The maximum Gasteiger partial charge on any atom is 0.269 e. The first-order valence-corrected chi connectivity index (χ1v) is 9.28. The summed E-state index contributed by atoms with van der Waals surface area (Å²) in [4.78, 5) is 35.8. The summed E-state index contributed by atoms with van der Waals surface area (Å²) in [7, 11) is 0. The van der Waals surface area contributed by atoms with Crippen molar-refractivity contribution in [1.82, 2.24) is 16.2 Å². The number of hydrogen-bond donors (Lipinski definition) is 3. The number of hydrazine groups is 1. The fourth-order valence-electron chi connectivity index (χ4n) is 2.38. The summed E-state index contributed by atoms with van der Waals surface area (Å²) >= 11 is 5.76. The van der Waals surface area contributed by atoms with Gasteiger partial charge in [0.05, 0.1) is 0 Å². The molecule has 0 aromatic heterocycles. The van der Waals surface area contributed by atoms with Gasteiger partial charge in [-0.15, -0.1) is 0 Å². The van der Waals surface area contributed by atoms with E-state index in [2.05, 4.69) is 36.9 Å².